The SMILES string of the molecule is Cc1nnc(-c2ccc(C(N)=C(C=N)C(N=CN)=NC3CC4CN(C)CC4C3)cc2)o1. The minimum atomic E-state index is 0.174. The molecule has 2 aliphatic rings. The first-order chi connectivity index (χ1) is 15.0. The van der Waals surface area contributed by atoms with Gasteiger partial charge in [0.1, 0.15) is 0 Å². The standard InChI is InChI=1S/C22H28N8O/c1-13-28-29-22(31-13)15-5-3-14(4-6-15)20(25)19(9-23)21(26-12-24)27-18-7-16-10-30(2)11-17(16)8-18/h3-6,9,12,16-18,23H,7-8,10-11,25H2,1-2H3,(H2,24,26,27). The number of amidine groups is 1. The van der Waals surface area contributed by atoms with E-state index >= 15 is 0 Å². The van der Waals surface area contributed by atoms with Crippen LogP contribution in [0.1, 0.15) is 24.3 Å². The molecule has 1 saturated heterocycles. The molecule has 162 valence electrons. The van der Waals surface area contributed by atoms with Gasteiger partial charge >= 0.3 is 0 Å². The smallest absolute Gasteiger partial charge is 0.247 e. The summed E-state index contributed by atoms with van der Waals surface area (Å²) in [7, 11) is 2.17. The fourth-order valence-electron chi connectivity index (χ4n) is 4.65. The first-order valence-electron chi connectivity index (χ1n) is 10.4. The molecule has 31 heavy (non-hydrogen) atoms. The highest BCUT2D eigenvalue weighted by Crippen LogP contribution is 2.39. The number of nitrogens with two attached hydrogens (primary N) is 2. The Bertz CT molecular complexity index is 1020. The maximum atomic E-state index is 7.96. The number of rotatable bonds is 5. The monoisotopic (exact) mass is 420 g/mol. The quantitative estimate of drug-likeness (QED) is 0.499. The summed E-state index contributed by atoms with van der Waals surface area (Å²) >= 11 is 0. The second kappa shape index (κ2) is 8.81. The zero-order valence-corrected chi connectivity index (χ0v) is 17.8. The molecule has 1 aromatic heterocycles. The van der Waals surface area contributed by atoms with Crippen molar-refractivity contribution in [2.75, 3.05) is 20.1 Å². The van der Waals surface area contributed by atoms with Crippen LogP contribution in [0.4, 0.5) is 0 Å². The van der Waals surface area contributed by atoms with Crippen molar-refractivity contribution in [2.24, 2.45) is 33.3 Å². The Hall–Kier alpha value is -3.33. The average molecular weight is 421 g/mol. The van der Waals surface area contributed by atoms with Crippen molar-refractivity contribution in [3.8, 4) is 11.5 Å². The predicted octanol–water partition coefficient (Wildman–Crippen LogP) is 2.09. The van der Waals surface area contributed by atoms with Gasteiger partial charge in [0.15, 0.2) is 5.84 Å². The Morgan fingerprint density at radius 1 is 1.19 bits per heavy atom. The largest absolute Gasteiger partial charge is 0.421 e. The minimum Gasteiger partial charge on any atom is -0.421 e. The number of hydrogen-bond acceptors (Lipinski definition) is 7. The molecule has 9 heteroatoms. The molecule has 2 fully saturated rings. The third-order valence-corrected chi connectivity index (χ3v) is 6.05. The van der Waals surface area contributed by atoms with Crippen LogP contribution >= 0.6 is 0 Å². The lowest BCUT2D eigenvalue weighted by Crippen LogP contribution is -2.18. The highest BCUT2D eigenvalue weighted by molar-refractivity contribution is 6.21. The third-order valence-electron chi connectivity index (χ3n) is 6.05. The maximum Gasteiger partial charge on any atom is 0.247 e. The first kappa shape index (κ1) is 20.9. The molecule has 0 bridgehead atoms. The topological polar surface area (TPSA) is 143 Å². The van der Waals surface area contributed by atoms with E-state index in [2.05, 4.69) is 27.1 Å². The Balaban J connectivity index is 1.60. The van der Waals surface area contributed by atoms with Crippen LogP contribution in [0, 0.1) is 24.2 Å². The molecule has 0 radical (unpaired) electrons. The van der Waals surface area contributed by atoms with Crippen LogP contribution in [-0.4, -0.2) is 59.7 Å². The fourth-order valence-corrected chi connectivity index (χ4v) is 4.65. The highest BCUT2D eigenvalue weighted by Gasteiger charge is 2.39. The van der Waals surface area contributed by atoms with Crippen molar-refractivity contribution in [3.63, 3.8) is 0 Å². The Morgan fingerprint density at radius 2 is 1.87 bits per heavy atom. The van der Waals surface area contributed by atoms with Gasteiger partial charge in [-0.1, -0.05) is 12.1 Å². The normalized spacial score (nSPS) is 25.1. The molecule has 2 heterocycles. The zero-order chi connectivity index (χ0) is 22.0. The zero-order valence-electron chi connectivity index (χ0n) is 17.8. The summed E-state index contributed by atoms with van der Waals surface area (Å²) in [5.41, 5.74) is 14.5. The van der Waals surface area contributed by atoms with Crippen molar-refractivity contribution < 1.29 is 4.42 Å². The minimum absolute atomic E-state index is 0.174. The summed E-state index contributed by atoms with van der Waals surface area (Å²) in [6.45, 7) is 3.98. The lowest BCUT2D eigenvalue weighted by molar-refractivity contribution is 0.372. The van der Waals surface area contributed by atoms with E-state index in [9.17, 15) is 0 Å². The molecule has 1 aromatic carbocycles. The van der Waals surface area contributed by atoms with Gasteiger partial charge in [-0.25, -0.2) is 4.99 Å². The van der Waals surface area contributed by atoms with Gasteiger partial charge in [-0.2, -0.15) is 0 Å². The summed E-state index contributed by atoms with van der Waals surface area (Å²) < 4.78 is 5.46. The average Bonchev–Trinajstić information content (AvgIpc) is 3.43. The number of likely N-dealkylation sites (tertiary alicyclic amines) is 1. The summed E-state index contributed by atoms with van der Waals surface area (Å²) in [5, 5.41) is 15.8. The fraction of sp³-hybridized carbons (Fsp3) is 0.409. The molecule has 0 amide bonds. The number of aliphatic imine (C=N–C) groups is 2. The van der Waals surface area contributed by atoms with E-state index in [0.717, 1.165) is 37.1 Å². The van der Waals surface area contributed by atoms with Crippen molar-refractivity contribution >= 4 is 24.1 Å². The van der Waals surface area contributed by atoms with Gasteiger partial charge in [0.25, 0.3) is 0 Å². The summed E-state index contributed by atoms with van der Waals surface area (Å²) in [6.07, 6.45) is 4.46. The van der Waals surface area contributed by atoms with Crippen LogP contribution in [0.25, 0.3) is 17.2 Å². The lowest BCUT2D eigenvalue weighted by atomic mass is 10.0. The number of fused-ring (bicyclic) bond motifs is 1. The second-order valence-corrected chi connectivity index (χ2v) is 8.27. The van der Waals surface area contributed by atoms with Gasteiger partial charge < -0.3 is 26.2 Å². The number of aromatic nitrogens is 2. The van der Waals surface area contributed by atoms with E-state index in [1.165, 1.54) is 12.6 Å². The number of nitrogens with zero attached hydrogens (tertiary/aromatic N) is 5. The lowest BCUT2D eigenvalue weighted by Gasteiger charge is -2.13. The van der Waals surface area contributed by atoms with E-state index in [1.54, 1.807) is 6.92 Å². The number of hydrogen-bond donors (Lipinski definition) is 3. The molecule has 0 spiro atoms. The first-order valence-corrected chi connectivity index (χ1v) is 10.4. The molecule has 9 nitrogen and oxygen atoms in total. The predicted molar refractivity (Wildman–Crippen MR) is 122 cm³/mol. The molecule has 2 atom stereocenters. The number of nitrogens with one attached hydrogen (secondary N) is 1. The van der Waals surface area contributed by atoms with E-state index in [1.807, 2.05) is 24.3 Å². The van der Waals surface area contributed by atoms with E-state index in [4.69, 9.17) is 26.3 Å². The summed E-state index contributed by atoms with van der Waals surface area (Å²) in [4.78, 5) is 11.5. The Morgan fingerprint density at radius 3 is 2.42 bits per heavy atom. The van der Waals surface area contributed by atoms with Crippen LogP contribution < -0.4 is 11.5 Å². The van der Waals surface area contributed by atoms with E-state index < -0.39 is 0 Å². The third kappa shape index (κ3) is 4.41. The number of aryl methyl sites for hydroxylation is 1. The van der Waals surface area contributed by atoms with Crippen LogP contribution in [0.15, 0.2) is 44.2 Å². The van der Waals surface area contributed by atoms with Gasteiger partial charge in [0.05, 0.1) is 23.7 Å². The molecule has 1 saturated carbocycles. The van der Waals surface area contributed by atoms with Crippen LogP contribution in [0.2, 0.25) is 0 Å². The molecule has 2 aromatic rings. The molecule has 2 unspecified atom stereocenters. The molecule has 5 N–H and O–H groups in total. The Labute approximate surface area is 181 Å². The van der Waals surface area contributed by atoms with Crippen molar-refractivity contribution in [1.82, 2.24) is 15.1 Å². The van der Waals surface area contributed by atoms with Crippen LogP contribution in [-0.2, 0) is 0 Å². The van der Waals surface area contributed by atoms with Crippen molar-refractivity contribution in [2.45, 2.75) is 25.8 Å². The molecule has 4 rings (SSSR count). The highest BCUT2D eigenvalue weighted by atomic mass is 16.4. The molecule has 1 aliphatic heterocycles. The number of benzene rings is 1. The van der Waals surface area contributed by atoms with Gasteiger partial charge in [0.2, 0.25) is 11.8 Å². The van der Waals surface area contributed by atoms with E-state index in [0.29, 0.717) is 40.7 Å². The Kier molecular flexibility index (Phi) is 5.94. The van der Waals surface area contributed by atoms with Gasteiger partial charge in [-0.3, -0.25) is 4.99 Å². The molecule has 1 aliphatic carbocycles. The van der Waals surface area contributed by atoms with Gasteiger partial charge in [-0.15, -0.1) is 10.2 Å². The second-order valence-electron chi connectivity index (χ2n) is 8.27. The van der Waals surface area contributed by atoms with Crippen molar-refractivity contribution in [3.05, 3.63) is 41.3 Å². The van der Waals surface area contributed by atoms with Crippen LogP contribution in [0.3, 0.4) is 0 Å². The van der Waals surface area contributed by atoms with Crippen LogP contribution in [0.5, 0.6) is 0 Å². The van der Waals surface area contributed by atoms with Gasteiger partial charge in [-0.05, 0) is 49.4 Å². The van der Waals surface area contributed by atoms with Gasteiger partial charge in [0, 0.05) is 31.8 Å². The maximum absolute atomic E-state index is 7.96. The van der Waals surface area contributed by atoms with E-state index in [-0.39, 0.29) is 6.04 Å². The summed E-state index contributed by atoms with van der Waals surface area (Å²) in [5.74, 6) is 2.71. The van der Waals surface area contributed by atoms with Crippen molar-refractivity contribution in [1.29, 1.82) is 5.41 Å². The molecular formula is C22H28N8O. The summed E-state index contributed by atoms with van der Waals surface area (Å²) in [6, 6.07) is 7.59. The molecular weight excluding hydrogens is 392 g/mol.